The maximum atomic E-state index is 11.3. The Morgan fingerprint density at radius 3 is 2.26 bits per heavy atom. The van der Waals surface area contributed by atoms with Gasteiger partial charge in [0.1, 0.15) is 0 Å². The van der Waals surface area contributed by atoms with E-state index in [2.05, 4.69) is 18.3 Å². The van der Waals surface area contributed by atoms with Crippen molar-refractivity contribution in [1.29, 1.82) is 0 Å². The van der Waals surface area contributed by atoms with Gasteiger partial charge in [-0.3, -0.25) is 4.79 Å². The molecule has 0 spiro atoms. The van der Waals surface area contributed by atoms with Crippen molar-refractivity contribution >= 4 is 5.91 Å². The molecular weight excluding hydrogens is 238 g/mol. The molecule has 0 aromatic rings. The number of carbonyl (C=O) groups excluding carboxylic acids is 1. The Hall–Kier alpha value is -1.61. The molecule has 0 aliphatic rings. The summed E-state index contributed by atoms with van der Waals surface area (Å²) >= 11 is 0. The Kier molecular flexibility index (Phi) is 9.45. The lowest BCUT2D eigenvalue weighted by Gasteiger charge is -2.16. The molecule has 0 saturated carbocycles. The average molecular weight is 263 g/mol. The minimum Gasteiger partial charge on any atom is -0.389 e. The zero-order valence-corrected chi connectivity index (χ0v) is 12.1. The van der Waals surface area contributed by atoms with Gasteiger partial charge in [0.15, 0.2) is 0 Å². The second-order valence-corrected chi connectivity index (χ2v) is 4.88. The van der Waals surface area contributed by atoms with Crippen LogP contribution in [0.2, 0.25) is 0 Å². The van der Waals surface area contributed by atoms with E-state index in [9.17, 15) is 9.90 Å². The first-order valence-electron chi connectivity index (χ1n) is 6.62. The number of allylic oxidation sites excluding steroid dienone is 7. The van der Waals surface area contributed by atoms with E-state index in [4.69, 9.17) is 0 Å². The summed E-state index contributed by atoms with van der Waals surface area (Å²) in [6.45, 7) is 5.67. The molecule has 0 atom stereocenters. The lowest BCUT2D eigenvalue weighted by atomic mass is 10.1. The normalized spacial score (nSPS) is 13.3. The molecule has 3 nitrogen and oxygen atoms in total. The number of rotatable bonds is 8. The molecule has 0 aromatic heterocycles. The van der Waals surface area contributed by atoms with Crippen LogP contribution < -0.4 is 5.32 Å². The Morgan fingerprint density at radius 2 is 1.68 bits per heavy atom. The Bertz CT molecular complexity index is 357. The van der Waals surface area contributed by atoms with Crippen LogP contribution in [0, 0.1) is 0 Å². The van der Waals surface area contributed by atoms with Crippen LogP contribution >= 0.6 is 0 Å². The molecule has 0 bridgehead atoms. The SMILES string of the molecule is CCCC=CC=CC=CC=CC(=O)NCC(C)(C)O. The first-order chi connectivity index (χ1) is 8.95. The number of nitrogens with one attached hydrogen (secondary N) is 1. The standard InChI is InChI=1S/C16H25NO2/c1-4-5-6-7-8-9-10-11-12-13-15(18)17-14-16(2,3)19/h6-13,19H,4-5,14H2,1-3H3,(H,17,18). The summed E-state index contributed by atoms with van der Waals surface area (Å²) in [6, 6.07) is 0. The first kappa shape index (κ1) is 17.4. The van der Waals surface area contributed by atoms with Gasteiger partial charge < -0.3 is 10.4 Å². The maximum Gasteiger partial charge on any atom is 0.244 e. The number of hydrogen-bond acceptors (Lipinski definition) is 2. The summed E-state index contributed by atoms with van der Waals surface area (Å²) in [5.74, 6) is -0.210. The lowest BCUT2D eigenvalue weighted by Crippen LogP contribution is -2.37. The van der Waals surface area contributed by atoms with Crippen LogP contribution in [-0.2, 0) is 4.79 Å². The van der Waals surface area contributed by atoms with Gasteiger partial charge in [0.25, 0.3) is 0 Å². The van der Waals surface area contributed by atoms with Gasteiger partial charge in [-0.05, 0) is 20.3 Å². The van der Waals surface area contributed by atoms with E-state index in [-0.39, 0.29) is 12.5 Å². The van der Waals surface area contributed by atoms with Crippen molar-refractivity contribution in [1.82, 2.24) is 5.32 Å². The number of hydrogen-bond donors (Lipinski definition) is 2. The van der Waals surface area contributed by atoms with Crippen molar-refractivity contribution in [3.63, 3.8) is 0 Å². The molecule has 0 radical (unpaired) electrons. The highest BCUT2D eigenvalue weighted by atomic mass is 16.3. The van der Waals surface area contributed by atoms with Crippen molar-refractivity contribution in [2.45, 2.75) is 39.2 Å². The summed E-state index contributed by atoms with van der Waals surface area (Å²) in [5, 5.41) is 12.0. The highest BCUT2D eigenvalue weighted by molar-refractivity contribution is 5.87. The number of carbonyl (C=O) groups is 1. The first-order valence-corrected chi connectivity index (χ1v) is 6.62. The smallest absolute Gasteiger partial charge is 0.244 e. The summed E-state index contributed by atoms with van der Waals surface area (Å²) in [7, 11) is 0. The Morgan fingerprint density at radius 1 is 1.11 bits per heavy atom. The van der Waals surface area contributed by atoms with Gasteiger partial charge in [-0.15, -0.1) is 0 Å². The zero-order chi connectivity index (χ0) is 14.6. The second kappa shape index (κ2) is 10.3. The van der Waals surface area contributed by atoms with Crippen LogP contribution in [0.5, 0.6) is 0 Å². The average Bonchev–Trinajstić information content (AvgIpc) is 2.33. The third kappa shape index (κ3) is 14.3. The van der Waals surface area contributed by atoms with Gasteiger partial charge in [0.05, 0.1) is 5.60 Å². The van der Waals surface area contributed by atoms with Crippen LogP contribution in [-0.4, -0.2) is 23.2 Å². The minimum atomic E-state index is -0.882. The van der Waals surface area contributed by atoms with E-state index in [1.54, 1.807) is 26.0 Å². The van der Waals surface area contributed by atoms with Crippen molar-refractivity contribution in [3.8, 4) is 0 Å². The third-order valence-corrected chi connectivity index (χ3v) is 2.09. The van der Waals surface area contributed by atoms with Crippen molar-refractivity contribution in [2.75, 3.05) is 6.54 Å². The molecule has 0 heterocycles. The number of aliphatic hydroxyl groups is 1. The molecule has 0 aliphatic carbocycles. The Balaban J connectivity index is 3.86. The molecule has 0 fully saturated rings. The maximum absolute atomic E-state index is 11.3. The molecule has 1 amide bonds. The van der Waals surface area contributed by atoms with E-state index in [1.165, 1.54) is 6.08 Å². The fourth-order valence-electron chi connectivity index (χ4n) is 1.10. The van der Waals surface area contributed by atoms with Gasteiger partial charge in [-0.25, -0.2) is 0 Å². The molecule has 19 heavy (non-hydrogen) atoms. The topological polar surface area (TPSA) is 49.3 Å². The fourth-order valence-corrected chi connectivity index (χ4v) is 1.10. The van der Waals surface area contributed by atoms with Gasteiger partial charge in [-0.2, -0.15) is 0 Å². The molecule has 0 unspecified atom stereocenters. The second-order valence-electron chi connectivity index (χ2n) is 4.88. The van der Waals surface area contributed by atoms with E-state index >= 15 is 0 Å². The predicted molar refractivity (Wildman–Crippen MR) is 80.8 cm³/mol. The fraction of sp³-hybridized carbons (Fsp3) is 0.438. The minimum absolute atomic E-state index is 0.210. The van der Waals surface area contributed by atoms with Crippen molar-refractivity contribution < 1.29 is 9.90 Å². The van der Waals surface area contributed by atoms with Crippen molar-refractivity contribution in [2.24, 2.45) is 0 Å². The quantitative estimate of drug-likeness (QED) is 0.522. The number of amides is 1. The summed E-state index contributed by atoms with van der Waals surface area (Å²) in [4.78, 5) is 11.3. The zero-order valence-electron chi connectivity index (χ0n) is 12.1. The molecular formula is C16H25NO2. The molecule has 0 aliphatic heterocycles. The van der Waals surface area contributed by atoms with Gasteiger partial charge in [0.2, 0.25) is 5.91 Å². The summed E-state index contributed by atoms with van der Waals surface area (Å²) in [6.07, 6.45) is 17.0. The van der Waals surface area contributed by atoms with Gasteiger partial charge in [-0.1, -0.05) is 55.9 Å². The Labute approximate surface area is 116 Å². The molecule has 0 saturated heterocycles. The van der Waals surface area contributed by atoms with E-state index < -0.39 is 5.60 Å². The van der Waals surface area contributed by atoms with Crippen LogP contribution in [0.1, 0.15) is 33.6 Å². The number of unbranched alkanes of at least 4 members (excludes halogenated alkanes) is 1. The lowest BCUT2D eigenvalue weighted by molar-refractivity contribution is -0.117. The largest absolute Gasteiger partial charge is 0.389 e. The molecule has 0 aromatic carbocycles. The summed E-state index contributed by atoms with van der Waals surface area (Å²) < 4.78 is 0. The third-order valence-electron chi connectivity index (χ3n) is 2.09. The van der Waals surface area contributed by atoms with Gasteiger partial charge in [0, 0.05) is 12.6 Å². The van der Waals surface area contributed by atoms with Gasteiger partial charge >= 0.3 is 0 Å². The van der Waals surface area contributed by atoms with Crippen LogP contribution in [0.4, 0.5) is 0 Å². The monoisotopic (exact) mass is 263 g/mol. The predicted octanol–water partition coefficient (Wildman–Crippen LogP) is 2.90. The van der Waals surface area contributed by atoms with Crippen LogP contribution in [0.15, 0.2) is 48.6 Å². The van der Waals surface area contributed by atoms with E-state index in [0.29, 0.717) is 0 Å². The van der Waals surface area contributed by atoms with Crippen molar-refractivity contribution in [3.05, 3.63) is 48.6 Å². The summed E-state index contributed by atoms with van der Waals surface area (Å²) in [5.41, 5.74) is -0.882. The molecule has 3 heteroatoms. The van der Waals surface area contributed by atoms with Crippen LogP contribution in [0.25, 0.3) is 0 Å². The van der Waals surface area contributed by atoms with Crippen LogP contribution in [0.3, 0.4) is 0 Å². The molecule has 2 N–H and O–H groups in total. The molecule has 106 valence electrons. The van der Waals surface area contributed by atoms with E-state index in [1.807, 2.05) is 24.3 Å². The highest BCUT2D eigenvalue weighted by Gasteiger charge is 2.12. The van der Waals surface area contributed by atoms with E-state index in [0.717, 1.165) is 12.8 Å². The molecule has 0 rings (SSSR count). The highest BCUT2D eigenvalue weighted by Crippen LogP contribution is 1.96.